The van der Waals surface area contributed by atoms with Gasteiger partial charge in [-0.2, -0.15) is 0 Å². The molecule has 4 nitrogen and oxygen atoms in total. The maximum absolute atomic E-state index is 11.4. The van der Waals surface area contributed by atoms with Crippen LogP contribution in [0.2, 0.25) is 5.02 Å². The molecule has 0 spiro atoms. The fourth-order valence-corrected chi connectivity index (χ4v) is 2.18. The number of rotatable bonds is 5. The topological polar surface area (TPSA) is 66.4 Å². The Morgan fingerprint density at radius 2 is 2.25 bits per heavy atom. The smallest absolute Gasteiger partial charge is 0.337 e. The summed E-state index contributed by atoms with van der Waals surface area (Å²) in [5.74, 6) is -0.583. The Hall–Kier alpha value is -1.07. The van der Waals surface area contributed by atoms with Gasteiger partial charge in [0, 0.05) is 11.4 Å². The van der Waals surface area contributed by atoms with E-state index in [1.165, 1.54) is 12.1 Å². The fourth-order valence-electron chi connectivity index (χ4n) is 1.12. The van der Waals surface area contributed by atoms with Crippen molar-refractivity contribution >= 4 is 34.2 Å². The molecule has 1 aromatic carbocycles. The Kier molecular flexibility index (Phi) is 4.76. The van der Waals surface area contributed by atoms with E-state index in [-0.39, 0.29) is 10.6 Å². The number of carboxylic acids is 1. The molecular weight excluding hydrogens is 250 g/mol. The van der Waals surface area contributed by atoms with Gasteiger partial charge in [0.15, 0.2) is 0 Å². The molecule has 0 amide bonds. The van der Waals surface area contributed by atoms with Crippen LogP contribution in [-0.2, 0) is 11.0 Å². The van der Waals surface area contributed by atoms with Crippen LogP contribution in [0, 0.1) is 0 Å². The van der Waals surface area contributed by atoms with Crippen molar-refractivity contribution in [2.75, 3.05) is 10.5 Å². The second kappa shape index (κ2) is 5.86. The average Bonchev–Trinajstić information content (AvgIpc) is 2.21. The number of hydrogen-bond acceptors (Lipinski definition) is 2. The molecule has 0 aromatic heterocycles. The molecule has 0 heterocycles. The lowest BCUT2D eigenvalue weighted by Crippen LogP contribution is -2.08. The molecule has 2 N–H and O–H groups in total. The minimum Gasteiger partial charge on any atom is -0.478 e. The molecule has 16 heavy (non-hydrogen) atoms. The zero-order valence-electron chi connectivity index (χ0n) is 8.70. The predicted molar refractivity (Wildman–Crippen MR) is 65.3 cm³/mol. The number of aromatic carboxylic acids is 1. The van der Waals surface area contributed by atoms with Gasteiger partial charge in [-0.3, -0.25) is 0 Å². The van der Waals surface area contributed by atoms with Crippen LogP contribution in [0.3, 0.4) is 0 Å². The van der Waals surface area contributed by atoms with Gasteiger partial charge in [0.2, 0.25) is 0 Å². The lowest BCUT2D eigenvalue weighted by molar-refractivity contribution is 0.0697. The highest BCUT2D eigenvalue weighted by Crippen LogP contribution is 2.20. The molecule has 1 rings (SSSR count). The SMILES string of the molecule is CCCS(=O)Nc1ccc(Cl)c(C(=O)O)c1. The number of hydrogen-bond donors (Lipinski definition) is 2. The van der Waals surface area contributed by atoms with E-state index in [1.54, 1.807) is 6.07 Å². The Morgan fingerprint density at radius 1 is 1.56 bits per heavy atom. The van der Waals surface area contributed by atoms with Gasteiger partial charge in [-0.1, -0.05) is 18.5 Å². The van der Waals surface area contributed by atoms with Gasteiger partial charge in [-0.15, -0.1) is 0 Å². The van der Waals surface area contributed by atoms with E-state index >= 15 is 0 Å². The molecule has 0 aliphatic rings. The van der Waals surface area contributed by atoms with E-state index in [9.17, 15) is 9.00 Å². The van der Waals surface area contributed by atoms with E-state index in [0.29, 0.717) is 11.4 Å². The van der Waals surface area contributed by atoms with Gasteiger partial charge in [0.25, 0.3) is 0 Å². The standard InChI is InChI=1S/C10H12ClNO3S/c1-2-5-16(15)12-7-3-4-9(11)8(6-7)10(13)14/h3-4,6,12H,2,5H2,1H3,(H,13,14). The highest BCUT2D eigenvalue weighted by Gasteiger charge is 2.10. The first kappa shape index (κ1) is 13.0. The van der Waals surface area contributed by atoms with Crippen LogP contribution in [0.4, 0.5) is 5.69 Å². The van der Waals surface area contributed by atoms with Crippen LogP contribution in [0.5, 0.6) is 0 Å². The molecule has 1 aromatic rings. The van der Waals surface area contributed by atoms with Crippen molar-refractivity contribution in [2.45, 2.75) is 13.3 Å². The minimum atomic E-state index is -1.19. The summed E-state index contributed by atoms with van der Waals surface area (Å²) in [6.07, 6.45) is 0.791. The maximum Gasteiger partial charge on any atom is 0.337 e. The quantitative estimate of drug-likeness (QED) is 0.856. The largest absolute Gasteiger partial charge is 0.478 e. The molecule has 0 bridgehead atoms. The lowest BCUT2D eigenvalue weighted by atomic mass is 10.2. The molecule has 0 aliphatic carbocycles. The summed E-state index contributed by atoms with van der Waals surface area (Å²) >= 11 is 5.70. The fraction of sp³-hybridized carbons (Fsp3) is 0.300. The van der Waals surface area contributed by atoms with Crippen molar-refractivity contribution in [3.05, 3.63) is 28.8 Å². The van der Waals surface area contributed by atoms with Crippen molar-refractivity contribution < 1.29 is 14.1 Å². The number of anilines is 1. The molecule has 1 unspecified atom stereocenters. The Labute approximate surface area is 101 Å². The molecule has 0 aliphatic heterocycles. The molecule has 1 atom stereocenters. The van der Waals surface area contributed by atoms with Crippen LogP contribution in [0.15, 0.2) is 18.2 Å². The third-order valence-electron chi connectivity index (χ3n) is 1.82. The average molecular weight is 262 g/mol. The van der Waals surface area contributed by atoms with Crippen molar-refractivity contribution in [2.24, 2.45) is 0 Å². The molecule has 88 valence electrons. The van der Waals surface area contributed by atoms with Gasteiger partial charge in [-0.25, -0.2) is 9.00 Å². The van der Waals surface area contributed by atoms with Crippen LogP contribution >= 0.6 is 11.6 Å². The molecule has 0 fully saturated rings. The van der Waals surface area contributed by atoms with E-state index in [0.717, 1.165) is 6.42 Å². The Balaban J connectivity index is 2.87. The first-order valence-electron chi connectivity index (χ1n) is 4.72. The molecular formula is C10H12ClNO3S. The van der Waals surface area contributed by atoms with E-state index in [4.69, 9.17) is 16.7 Å². The molecule has 0 radical (unpaired) electrons. The summed E-state index contributed by atoms with van der Waals surface area (Å²) in [5, 5.41) is 9.01. The third-order valence-corrected chi connectivity index (χ3v) is 3.39. The van der Waals surface area contributed by atoms with Gasteiger partial charge in [0.05, 0.1) is 10.6 Å². The molecule has 0 saturated heterocycles. The van der Waals surface area contributed by atoms with Crippen molar-refractivity contribution in [3.63, 3.8) is 0 Å². The third kappa shape index (κ3) is 3.50. The van der Waals surface area contributed by atoms with Gasteiger partial charge < -0.3 is 9.83 Å². The summed E-state index contributed by atoms with van der Waals surface area (Å²) in [6, 6.07) is 4.44. The molecule has 6 heteroatoms. The number of carbonyl (C=O) groups is 1. The van der Waals surface area contributed by atoms with Crippen molar-refractivity contribution in [1.29, 1.82) is 0 Å². The minimum absolute atomic E-state index is 0.000153. The van der Waals surface area contributed by atoms with E-state index in [2.05, 4.69) is 4.72 Å². The van der Waals surface area contributed by atoms with Crippen LogP contribution in [-0.4, -0.2) is 21.0 Å². The number of halogens is 1. The predicted octanol–water partition coefficient (Wildman–Crippen LogP) is 2.52. The van der Waals surface area contributed by atoms with E-state index < -0.39 is 17.0 Å². The summed E-state index contributed by atoms with van der Waals surface area (Å²) in [5.41, 5.74) is 0.494. The Bertz CT molecular complexity index is 423. The number of nitrogens with one attached hydrogen (secondary N) is 1. The zero-order valence-corrected chi connectivity index (χ0v) is 10.3. The second-order valence-electron chi connectivity index (χ2n) is 3.15. The second-order valence-corrected chi connectivity index (χ2v) is 4.86. The molecule has 0 saturated carbocycles. The van der Waals surface area contributed by atoms with Gasteiger partial charge >= 0.3 is 5.97 Å². The normalized spacial score (nSPS) is 12.1. The maximum atomic E-state index is 11.4. The first-order valence-corrected chi connectivity index (χ1v) is 6.42. The van der Waals surface area contributed by atoms with Gasteiger partial charge in [-0.05, 0) is 24.6 Å². The lowest BCUT2D eigenvalue weighted by Gasteiger charge is -2.06. The van der Waals surface area contributed by atoms with Crippen molar-refractivity contribution in [1.82, 2.24) is 0 Å². The summed E-state index contributed by atoms with van der Waals surface area (Å²) < 4.78 is 14.1. The van der Waals surface area contributed by atoms with Crippen LogP contribution < -0.4 is 4.72 Å². The summed E-state index contributed by atoms with van der Waals surface area (Å²) in [7, 11) is -1.19. The summed E-state index contributed by atoms with van der Waals surface area (Å²) in [6.45, 7) is 1.92. The van der Waals surface area contributed by atoms with Crippen LogP contribution in [0.25, 0.3) is 0 Å². The first-order chi connectivity index (χ1) is 7.54. The van der Waals surface area contributed by atoms with Crippen LogP contribution in [0.1, 0.15) is 23.7 Å². The highest BCUT2D eigenvalue weighted by atomic mass is 35.5. The van der Waals surface area contributed by atoms with Gasteiger partial charge in [0.1, 0.15) is 11.0 Å². The number of benzene rings is 1. The monoisotopic (exact) mass is 261 g/mol. The number of carboxylic acid groups (broad SMARTS) is 1. The van der Waals surface area contributed by atoms with E-state index in [1.807, 2.05) is 6.92 Å². The zero-order chi connectivity index (χ0) is 12.1. The highest BCUT2D eigenvalue weighted by molar-refractivity contribution is 7.86. The Morgan fingerprint density at radius 3 is 2.81 bits per heavy atom. The van der Waals surface area contributed by atoms with Crippen molar-refractivity contribution in [3.8, 4) is 0 Å². The summed E-state index contributed by atoms with van der Waals surface area (Å²) in [4.78, 5) is 10.8.